The molecular weight excluding hydrogens is 236 g/mol. The lowest BCUT2D eigenvalue weighted by atomic mass is 9.74. The summed E-state index contributed by atoms with van der Waals surface area (Å²) in [6, 6.07) is 0. The monoisotopic (exact) mass is 266 g/mol. The molecule has 2 rings (SSSR count). The Morgan fingerprint density at radius 1 is 1.16 bits per heavy atom. The van der Waals surface area contributed by atoms with Gasteiger partial charge >= 0.3 is 5.97 Å². The van der Waals surface area contributed by atoms with Crippen LogP contribution in [0.25, 0.3) is 0 Å². The lowest BCUT2D eigenvalue weighted by Crippen LogP contribution is -2.26. The van der Waals surface area contributed by atoms with E-state index in [2.05, 4.69) is 13.8 Å². The lowest BCUT2D eigenvalue weighted by molar-refractivity contribution is -0.148. The van der Waals surface area contributed by atoms with Gasteiger partial charge in [0, 0.05) is 6.92 Å². The van der Waals surface area contributed by atoms with E-state index in [-0.39, 0.29) is 12.1 Å². The molecule has 2 aliphatic rings. The summed E-state index contributed by atoms with van der Waals surface area (Å²) in [7, 11) is 0. The van der Waals surface area contributed by atoms with Crippen LogP contribution < -0.4 is 0 Å². The molecular formula is C17H30O2. The maximum Gasteiger partial charge on any atom is 0.302 e. The highest BCUT2D eigenvalue weighted by molar-refractivity contribution is 5.66. The smallest absolute Gasteiger partial charge is 0.302 e. The molecule has 2 aliphatic carbocycles. The van der Waals surface area contributed by atoms with Crippen molar-refractivity contribution in [3.63, 3.8) is 0 Å². The number of rotatable bonds is 4. The third kappa shape index (κ3) is 4.22. The van der Waals surface area contributed by atoms with Gasteiger partial charge in [-0.15, -0.1) is 0 Å². The third-order valence-electron chi connectivity index (χ3n) is 5.45. The lowest BCUT2D eigenvalue weighted by Gasteiger charge is -2.33. The quantitative estimate of drug-likeness (QED) is 0.697. The zero-order chi connectivity index (χ0) is 13.8. The topological polar surface area (TPSA) is 26.3 Å². The molecule has 0 aromatic rings. The van der Waals surface area contributed by atoms with Crippen LogP contribution in [0.2, 0.25) is 0 Å². The van der Waals surface area contributed by atoms with Gasteiger partial charge in [0.05, 0.1) is 0 Å². The minimum absolute atomic E-state index is 0.101. The summed E-state index contributed by atoms with van der Waals surface area (Å²) in [4.78, 5) is 11.1. The minimum Gasteiger partial charge on any atom is -0.462 e. The molecule has 0 amide bonds. The summed E-state index contributed by atoms with van der Waals surface area (Å²) in [5.41, 5.74) is 0. The van der Waals surface area contributed by atoms with E-state index < -0.39 is 0 Å². The van der Waals surface area contributed by atoms with Crippen LogP contribution in [0, 0.1) is 23.7 Å². The van der Waals surface area contributed by atoms with E-state index in [9.17, 15) is 4.79 Å². The van der Waals surface area contributed by atoms with E-state index in [1.54, 1.807) is 6.92 Å². The second-order valence-corrected chi connectivity index (χ2v) is 7.07. The van der Waals surface area contributed by atoms with Crippen LogP contribution in [0.3, 0.4) is 0 Å². The van der Waals surface area contributed by atoms with Crippen molar-refractivity contribution in [1.29, 1.82) is 0 Å². The Labute approximate surface area is 118 Å². The Hall–Kier alpha value is -0.530. The summed E-state index contributed by atoms with van der Waals surface area (Å²) in [5, 5.41) is 0. The summed E-state index contributed by atoms with van der Waals surface area (Å²) < 4.78 is 5.49. The zero-order valence-corrected chi connectivity index (χ0v) is 12.9. The molecule has 3 atom stereocenters. The molecule has 2 heteroatoms. The van der Waals surface area contributed by atoms with Crippen LogP contribution in [0.1, 0.15) is 72.1 Å². The molecule has 0 heterocycles. The molecule has 2 saturated carbocycles. The first kappa shape index (κ1) is 14.9. The number of hydrogen-bond donors (Lipinski definition) is 0. The molecule has 0 radical (unpaired) electrons. The van der Waals surface area contributed by atoms with E-state index in [1.165, 1.54) is 44.9 Å². The van der Waals surface area contributed by atoms with Crippen LogP contribution in [0.5, 0.6) is 0 Å². The Morgan fingerprint density at radius 3 is 2.47 bits per heavy atom. The maximum absolute atomic E-state index is 11.1. The molecule has 2 nitrogen and oxygen atoms in total. The SMILES string of the molecule is CC(=O)OC1CCCC1CC(C)C1CCC(C)CC1. The van der Waals surface area contributed by atoms with Crippen molar-refractivity contribution in [2.45, 2.75) is 78.2 Å². The summed E-state index contributed by atoms with van der Waals surface area (Å²) >= 11 is 0. The molecule has 0 bridgehead atoms. The Balaban J connectivity index is 1.80. The van der Waals surface area contributed by atoms with Gasteiger partial charge < -0.3 is 4.74 Å². The predicted molar refractivity (Wildman–Crippen MR) is 77.8 cm³/mol. The van der Waals surface area contributed by atoms with Gasteiger partial charge in [0.15, 0.2) is 0 Å². The van der Waals surface area contributed by atoms with E-state index in [1.807, 2.05) is 0 Å². The number of ether oxygens (including phenoxy) is 1. The van der Waals surface area contributed by atoms with Crippen molar-refractivity contribution in [3.8, 4) is 0 Å². The highest BCUT2D eigenvalue weighted by atomic mass is 16.5. The van der Waals surface area contributed by atoms with E-state index in [0.29, 0.717) is 5.92 Å². The molecule has 2 fully saturated rings. The molecule has 0 aromatic heterocycles. The van der Waals surface area contributed by atoms with E-state index in [4.69, 9.17) is 4.74 Å². The van der Waals surface area contributed by atoms with Crippen molar-refractivity contribution in [3.05, 3.63) is 0 Å². The van der Waals surface area contributed by atoms with E-state index in [0.717, 1.165) is 24.2 Å². The average molecular weight is 266 g/mol. The fraction of sp³-hybridized carbons (Fsp3) is 0.941. The van der Waals surface area contributed by atoms with Crippen molar-refractivity contribution < 1.29 is 9.53 Å². The first-order valence-corrected chi connectivity index (χ1v) is 8.23. The Morgan fingerprint density at radius 2 is 1.84 bits per heavy atom. The predicted octanol–water partition coefficient (Wildman–Crippen LogP) is 4.57. The summed E-state index contributed by atoms with van der Waals surface area (Å²) in [6.07, 6.45) is 10.7. The molecule has 3 unspecified atom stereocenters. The van der Waals surface area contributed by atoms with Crippen LogP contribution in [0.4, 0.5) is 0 Å². The molecule has 0 aromatic carbocycles. The van der Waals surface area contributed by atoms with Crippen LogP contribution >= 0.6 is 0 Å². The molecule has 0 spiro atoms. The van der Waals surface area contributed by atoms with Gasteiger partial charge in [-0.05, 0) is 62.2 Å². The maximum atomic E-state index is 11.1. The minimum atomic E-state index is -0.101. The van der Waals surface area contributed by atoms with Gasteiger partial charge in [-0.3, -0.25) is 4.79 Å². The molecule has 0 saturated heterocycles. The third-order valence-corrected chi connectivity index (χ3v) is 5.45. The largest absolute Gasteiger partial charge is 0.462 e. The summed E-state index contributed by atoms with van der Waals surface area (Å²) in [5.74, 6) is 3.17. The van der Waals surface area contributed by atoms with Crippen molar-refractivity contribution in [1.82, 2.24) is 0 Å². The van der Waals surface area contributed by atoms with Crippen LogP contribution in [-0.2, 0) is 9.53 Å². The normalized spacial score (nSPS) is 37.0. The number of esters is 1. The van der Waals surface area contributed by atoms with Gasteiger partial charge in [-0.1, -0.05) is 26.7 Å². The van der Waals surface area contributed by atoms with Crippen molar-refractivity contribution in [2.24, 2.45) is 23.7 Å². The van der Waals surface area contributed by atoms with Gasteiger partial charge in [0.1, 0.15) is 6.10 Å². The average Bonchev–Trinajstić information content (AvgIpc) is 2.76. The van der Waals surface area contributed by atoms with Gasteiger partial charge in [0.2, 0.25) is 0 Å². The van der Waals surface area contributed by atoms with Gasteiger partial charge in [-0.2, -0.15) is 0 Å². The van der Waals surface area contributed by atoms with Crippen LogP contribution in [-0.4, -0.2) is 12.1 Å². The van der Waals surface area contributed by atoms with Gasteiger partial charge in [-0.25, -0.2) is 0 Å². The number of hydrogen-bond acceptors (Lipinski definition) is 2. The molecule has 110 valence electrons. The first-order chi connectivity index (χ1) is 9.06. The number of carbonyl (C=O) groups excluding carboxylic acids is 1. The second kappa shape index (κ2) is 6.76. The Kier molecular flexibility index (Phi) is 5.29. The first-order valence-electron chi connectivity index (χ1n) is 8.23. The molecule has 0 aliphatic heterocycles. The molecule has 19 heavy (non-hydrogen) atoms. The highest BCUT2D eigenvalue weighted by Gasteiger charge is 2.33. The summed E-state index contributed by atoms with van der Waals surface area (Å²) in [6.45, 7) is 6.35. The fourth-order valence-electron chi connectivity index (χ4n) is 4.17. The van der Waals surface area contributed by atoms with Crippen LogP contribution in [0.15, 0.2) is 0 Å². The molecule has 0 N–H and O–H groups in total. The highest BCUT2D eigenvalue weighted by Crippen LogP contribution is 2.39. The fourth-order valence-corrected chi connectivity index (χ4v) is 4.17. The standard InChI is InChI=1S/C17H30O2/c1-12-7-9-15(10-8-12)13(2)11-16-5-4-6-17(16)19-14(3)18/h12-13,15-17H,4-11H2,1-3H3. The zero-order valence-electron chi connectivity index (χ0n) is 12.9. The number of carbonyl (C=O) groups is 1. The van der Waals surface area contributed by atoms with Crippen molar-refractivity contribution in [2.75, 3.05) is 0 Å². The van der Waals surface area contributed by atoms with E-state index >= 15 is 0 Å². The Bertz CT molecular complexity index is 292. The second-order valence-electron chi connectivity index (χ2n) is 7.07. The van der Waals surface area contributed by atoms with Crippen molar-refractivity contribution >= 4 is 5.97 Å². The van der Waals surface area contributed by atoms with Gasteiger partial charge in [0.25, 0.3) is 0 Å².